The van der Waals surface area contributed by atoms with Gasteiger partial charge in [-0.05, 0) is 62.1 Å². The second-order valence-corrected chi connectivity index (χ2v) is 10.1. The van der Waals surface area contributed by atoms with Crippen LogP contribution in [0.5, 0.6) is 0 Å². The van der Waals surface area contributed by atoms with Gasteiger partial charge in [-0.25, -0.2) is 0 Å². The lowest BCUT2D eigenvalue weighted by Gasteiger charge is -2.10. The lowest BCUT2D eigenvalue weighted by atomic mass is 10.2. The fraction of sp³-hybridized carbons (Fsp3) is 0.357. The van der Waals surface area contributed by atoms with Crippen molar-refractivity contribution in [2.45, 2.75) is 65.2 Å². The summed E-state index contributed by atoms with van der Waals surface area (Å²) in [7, 11) is 0. The van der Waals surface area contributed by atoms with Crippen molar-refractivity contribution >= 4 is 70.0 Å². The van der Waals surface area contributed by atoms with E-state index in [0.29, 0.717) is 45.4 Å². The molecule has 6 amide bonds. The largest absolute Gasteiger partial charge is 0.326 e. The molecule has 0 spiro atoms. The summed E-state index contributed by atoms with van der Waals surface area (Å²) < 4.78 is 0. The van der Waals surface area contributed by atoms with Crippen LogP contribution in [0, 0.1) is 13.8 Å². The molecule has 0 radical (unpaired) electrons. The molecule has 0 aliphatic carbocycles. The van der Waals surface area contributed by atoms with E-state index in [4.69, 9.17) is 23.2 Å². The van der Waals surface area contributed by atoms with Gasteiger partial charge < -0.3 is 10.6 Å². The molecule has 0 unspecified atom stereocenters. The number of halogens is 2. The van der Waals surface area contributed by atoms with Gasteiger partial charge in [-0.15, -0.1) is 0 Å². The molecule has 0 aliphatic heterocycles. The summed E-state index contributed by atoms with van der Waals surface area (Å²) in [4.78, 5) is 71.8. The van der Waals surface area contributed by atoms with Crippen molar-refractivity contribution in [1.82, 2.24) is 21.7 Å². The van der Waals surface area contributed by atoms with E-state index in [2.05, 4.69) is 32.3 Å². The lowest BCUT2D eigenvalue weighted by molar-refractivity contribution is -0.130. The van der Waals surface area contributed by atoms with Gasteiger partial charge in [0.15, 0.2) is 0 Å². The van der Waals surface area contributed by atoms with Gasteiger partial charge in [0.05, 0.1) is 0 Å². The first kappa shape index (κ1) is 34.0. The van der Waals surface area contributed by atoms with Crippen LogP contribution in [0.3, 0.4) is 0 Å². The lowest BCUT2D eigenvalue weighted by Crippen LogP contribution is -2.42. The highest BCUT2D eigenvalue weighted by molar-refractivity contribution is 6.32. The molecule has 14 heteroatoms. The van der Waals surface area contributed by atoms with Crippen LogP contribution in [0.4, 0.5) is 11.4 Å². The van der Waals surface area contributed by atoms with Crippen LogP contribution in [0.1, 0.15) is 62.5 Å². The SMILES string of the molecule is Cc1c(Cl)cccc1NC(=O)CCC(=O)NNC(=O)CCCCC(=O)NNC(=O)CCC(=O)Nc1cccc(Cl)c1C. The van der Waals surface area contributed by atoms with Crippen molar-refractivity contribution in [2.24, 2.45) is 0 Å². The van der Waals surface area contributed by atoms with Crippen LogP contribution in [0.25, 0.3) is 0 Å². The van der Waals surface area contributed by atoms with Crippen molar-refractivity contribution in [2.75, 3.05) is 10.6 Å². The summed E-state index contributed by atoms with van der Waals surface area (Å²) in [5, 5.41) is 6.40. The Morgan fingerprint density at radius 3 is 1.17 bits per heavy atom. The monoisotopic (exact) mass is 620 g/mol. The van der Waals surface area contributed by atoms with Gasteiger partial charge in [0.25, 0.3) is 0 Å². The molecular formula is C28H34Cl2N6O6. The summed E-state index contributed by atoms with van der Waals surface area (Å²) in [5.74, 6) is -2.72. The number of carbonyl (C=O) groups is 6. The molecule has 2 rings (SSSR count). The van der Waals surface area contributed by atoms with Crippen molar-refractivity contribution in [3.05, 3.63) is 57.6 Å². The number of nitrogens with one attached hydrogen (secondary N) is 6. The molecule has 0 aliphatic rings. The smallest absolute Gasteiger partial charge is 0.238 e. The van der Waals surface area contributed by atoms with Crippen LogP contribution in [0.15, 0.2) is 36.4 Å². The van der Waals surface area contributed by atoms with Crippen LogP contribution in [-0.2, 0) is 28.8 Å². The Kier molecular flexibility index (Phi) is 14.3. The van der Waals surface area contributed by atoms with Crippen LogP contribution in [0.2, 0.25) is 10.0 Å². The number of rotatable bonds is 13. The molecule has 2 aromatic carbocycles. The van der Waals surface area contributed by atoms with Crippen LogP contribution >= 0.6 is 23.2 Å². The van der Waals surface area contributed by atoms with Crippen LogP contribution in [-0.4, -0.2) is 35.4 Å². The number of hydrogen-bond donors (Lipinski definition) is 6. The van der Waals surface area contributed by atoms with Gasteiger partial charge in [-0.2, -0.15) is 0 Å². The number of anilines is 2. The van der Waals surface area contributed by atoms with E-state index in [0.717, 1.165) is 0 Å². The molecule has 0 aromatic heterocycles. The highest BCUT2D eigenvalue weighted by Gasteiger charge is 2.12. The first-order valence-corrected chi connectivity index (χ1v) is 14.0. The second-order valence-electron chi connectivity index (χ2n) is 9.32. The Morgan fingerprint density at radius 2 is 0.810 bits per heavy atom. The third-order valence-electron chi connectivity index (χ3n) is 5.98. The van der Waals surface area contributed by atoms with Crippen molar-refractivity contribution < 1.29 is 28.8 Å². The van der Waals surface area contributed by atoms with Gasteiger partial charge in [0.2, 0.25) is 35.4 Å². The topological polar surface area (TPSA) is 175 Å². The molecule has 2 aromatic rings. The van der Waals surface area contributed by atoms with Crippen molar-refractivity contribution in [3.8, 4) is 0 Å². The normalized spacial score (nSPS) is 10.3. The number of benzene rings is 2. The number of unbranched alkanes of at least 4 members (excludes halogenated alkanes) is 1. The second kappa shape index (κ2) is 17.6. The molecule has 0 saturated heterocycles. The highest BCUT2D eigenvalue weighted by atomic mass is 35.5. The number of hydrogen-bond acceptors (Lipinski definition) is 6. The van der Waals surface area contributed by atoms with E-state index in [1.165, 1.54) is 0 Å². The zero-order valence-electron chi connectivity index (χ0n) is 23.3. The predicted molar refractivity (Wildman–Crippen MR) is 159 cm³/mol. The summed E-state index contributed by atoms with van der Waals surface area (Å²) in [6, 6.07) is 10.2. The molecule has 226 valence electrons. The maximum atomic E-state index is 12.1. The van der Waals surface area contributed by atoms with Gasteiger partial charge in [-0.3, -0.25) is 50.5 Å². The molecule has 0 saturated carbocycles. The molecule has 0 heterocycles. The average molecular weight is 622 g/mol. The minimum atomic E-state index is -0.534. The zero-order valence-corrected chi connectivity index (χ0v) is 24.8. The number of hydrazine groups is 2. The summed E-state index contributed by atoms with van der Waals surface area (Å²) >= 11 is 12.0. The van der Waals surface area contributed by atoms with Crippen molar-refractivity contribution in [3.63, 3.8) is 0 Å². The first-order chi connectivity index (χ1) is 20.0. The van der Waals surface area contributed by atoms with Crippen LogP contribution < -0.4 is 32.3 Å². The summed E-state index contributed by atoms with van der Waals surface area (Å²) in [6.45, 7) is 3.53. The van der Waals surface area contributed by atoms with Gasteiger partial charge in [-0.1, -0.05) is 35.3 Å². The van der Waals surface area contributed by atoms with E-state index in [1.807, 2.05) is 0 Å². The third-order valence-corrected chi connectivity index (χ3v) is 6.80. The molecule has 0 bridgehead atoms. The summed E-state index contributed by atoms with van der Waals surface area (Å²) in [6.07, 6.45) is 0.366. The molecular weight excluding hydrogens is 587 g/mol. The molecule has 6 N–H and O–H groups in total. The Morgan fingerprint density at radius 1 is 0.500 bits per heavy atom. The van der Waals surface area contributed by atoms with E-state index in [9.17, 15) is 28.8 Å². The molecule has 0 atom stereocenters. The van der Waals surface area contributed by atoms with Gasteiger partial charge in [0.1, 0.15) is 0 Å². The van der Waals surface area contributed by atoms with Crippen molar-refractivity contribution in [1.29, 1.82) is 0 Å². The minimum absolute atomic E-state index is 0.0513. The quantitative estimate of drug-likeness (QED) is 0.147. The fourth-order valence-corrected chi connectivity index (χ4v) is 3.81. The molecule has 12 nitrogen and oxygen atoms in total. The van der Waals surface area contributed by atoms with E-state index >= 15 is 0 Å². The fourth-order valence-electron chi connectivity index (χ4n) is 3.47. The zero-order chi connectivity index (χ0) is 31.1. The number of carbonyl (C=O) groups excluding carboxylic acids is 6. The standard InChI is InChI=1S/C28H34Cl2N6O6/c1-17-19(29)7-5-9-21(17)31-23(37)13-15-27(41)35-33-25(39)11-3-4-12-26(40)34-36-28(42)16-14-24(38)32-22-10-6-8-20(30)18(22)2/h5-10H,3-4,11-16H2,1-2H3,(H,31,37)(H,32,38)(H,33,39)(H,34,40)(H,35,41)(H,36,42). The Balaban J connectivity index is 1.51. The predicted octanol–water partition coefficient (Wildman–Crippen LogP) is 3.60. The maximum Gasteiger partial charge on any atom is 0.238 e. The average Bonchev–Trinajstić information content (AvgIpc) is 2.95. The summed E-state index contributed by atoms with van der Waals surface area (Å²) in [5.41, 5.74) is 11.6. The van der Waals surface area contributed by atoms with E-state index in [-0.39, 0.29) is 50.3 Å². The third kappa shape index (κ3) is 12.6. The Hall–Kier alpha value is -4.16. The first-order valence-electron chi connectivity index (χ1n) is 13.2. The van der Waals surface area contributed by atoms with Gasteiger partial charge >= 0.3 is 0 Å². The van der Waals surface area contributed by atoms with E-state index < -0.39 is 23.6 Å². The number of amides is 6. The van der Waals surface area contributed by atoms with E-state index in [1.54, 1.807) is 50.2 Å². The van der Waals surface area contributed by atoms with Gasteiger partial charge in [0, 0.05) is 59.9 Å². The highest BCUT2D eigenvalue weighted by Crippen LogP contribution is 2.24. The Bertz CT molecular complexity index is 1220. The minimum Gasteiger partial charge on any atom is -0.326 e. The molecule has 0 fully saturated rings. The maximum absolute atomic E-state index is 12.1. The Labute approximate surface area is 253 Å². The molecule has 42 heavy (non-hydrogen) atoms.